The first kappa shape index (κ1) is 43.2. The average Bonchev–Trinajstić information content (AvgIpc) is 3.19. The number of nitrogens with zero attached hydrogens (tertiary/aromatic N) is 2. The van der Waals surface area contributed by atoms with E-state index in [9.17, 15) is 33.9 Å². The lowest BCUT2D eigenvalue weighted by Gasteiger charge is -2.30. The smallest absolute Gasteiger partial charge is 0.303 e. The molecule has 0 fully saturated rings. The van der Waals surface area contributed by atoms with Gasteiger partial charge in [0.2, 0.25) is 23.6 Å². The van der Waals surface area contributed by atoms with Crippen molar-refractivity contribution < 1.29 is 43.3 Å². The van der Waals surface area contributed by atoms with Gasteiger partial charge in [-0.2, -0.15) is 5.26 Å². The molecule has 5 amide bonds. The Morgan fingerprint density at radius 2 is 1.60 bits per heavy atom. The van der Waals surface area contributed by atoms with Crippen LogP contribution in [0.2, 0.25) is 0 Å². The minimum absolute atomic E-state index is 0.00173. The molecular weight excluding hydrogens is 736 g/mol. The third-order valence-corrected chi connectivity index (χ3v) is 9.11. The molecule has 3 atom stereocenters. The number of nitrogens with two attached hydrogens (primary N) is 2. The molecule has 4 rings (SSSR count). The van der Waals surface area contributed by atoms with Crippen LogP contribution in [-0.4, -0.2) is 104 Å². The van der Waals surface area contributed by atoms with Crippen LogP contribution in [0.3, 0.4) is 0 Å². The Balaban J connectivity index is 1.79. The first-order valence-corrected chi connectivity index (χ1v) is 18.3. The van der Waals surface area contributed by atoms with Gasteiger partial charge in [-0.3, -0.25) is 28.8 Å². The van der Waals surface area contributed by atoms with Crippen molar-refractivity contribution in [2.24, 2.45) is 11.5 Å². The molecule has 3 aromatic rings. The number of ether oxygens (including phenoxy) is 2. The van der Waals surface area contributed by atoms with Crippen LogP contribution in [0, 0.1) is 18.3 Å². The Hall–Kier alpha value is -6.51. The van der Waals surface area contributed by atoms with Crippen LogP contribution in [0.25, 0.3) is 11.1 Å². The topological polar surface area (TPSA) is 268 Å². The second kappa shape index (κ2) is 20.4. The standard InChI is InChI=1S/C40H48N8O9/c1-23-4-8-28(26(18-23)7-11-35(50)51)38(53)45-22-34(49)48(3)36-27-6-10-33(57-17-14-43)30(21-27)29-19-25(5-9-32(29)56-16-13-42)20-31(39(54)44-15-12-41)47-37(52)24(2)46-40(36)55/h4-6,8-10,18-19,21,24,31,36H,7,11,13-17,20,22,42-43H2,1-3H3,(H,44,54)(H,45,53)(H,46,55)(H,47,52)(H,50,51)/t24-,31-,36-/m0/s1. The Labute approximate surface area is 330 Å². The molecule has 17 nitrogen and oxygen atoms in total. The number of carbonyl (C=O) groups excluding carboxylic acids is 5. The molecule has 1 aliphatic heterocycles. The summed E-state index contributed by atoms with van der Waals surface area (Å²) in [6.45, 7) is 3.06. The molecule has 0 radical (unpaired) electrons. The number of aliphatic carboxylic acids is 1. The summed E-state index contributed by atoms with van der Waals surface area (Å²) in [4.78, 5) is 80.5. The number of hydrogen-bond donors (Lipinski definition) is 7. The second-order valence-electron chi connectivity index (χ2n) is 13.4. The predicted molar refractivity (Wildman–Crippen MR) is 208 cm³/mol. The molecule has 302 valence electrons. The summed E-state index contributed by atoms with van der Waals surface area (Å²) in [5, 5.41) is 28.7. The monoisotopic (exact) mass is 784 g/mol. The van der Waals surface area contributed by atoms with E-state index in [1.54, 1.807) is 54.6 Å². The predicted octanol–water partition coefficient (Wildman–Crippen LogP) is 0.469. The molecule has 1 aliphatic rings. The molecule has 0 aliphatic carbocycles. The van der Waals surface area contributed by atoms with Gasteiger partial charge in [0.15, 0.2) is 0 Å². The Kier molecular flexibility index (Phi) is 15.5. The summed E-state index contributed by atoms with van der Waals surface area (Å²) in [6.07, 6.45) is -0.0967. The summed E-state index contributed by atoms with van der Waals surface area (Å²) < 4.78 is 12.0. The van der Waals surface area contributed by atoms with E-state index in [-0.39, 0.29) is 57.7 Å². The first-order valence-electron chi connectivity index (χ1n) is 18.3. The maximum atomic E-state index is 14.2. The highest BCUT2D eigenvalue weighted by Crippen LogP contribution is 2.40. The summed E-state index contributed by atoms with van der Waals surface area (Å²) in [7, 11) is 1.38. The van der Waals surface area contributed by atoms with Gasteiger partial charge in [-0.25, -0.2) is 0 Å². The number of rotatable bonds is 15. The van der Waals surface area contributed by atoms with E-state index in [2.05, 4.69) is 21.3 Å². The van der Waals surface area contributed by atoms with E-state index >= 15 is 0 Å². The quantitative estimate of drug-likeness (QED) is 0.104. The van der Waals surface area contributed by atoms with Gasteiger partial charge in [-0.05, 0) is 67.3 Å². The van der Waals surface area contributed by atoms with Crippen molar-refractivity contribution >= 4 is 35.5 Å². The molecule has 57 heavy (non-hydrogen) atoms. The number of nitriles is 1. The van der Waals surface area contributed by atoms with Crippen LogP contribution in [0.15, 0.2) is 54.6 Å². The molecule has 3 aromatic carbocycles. The third-order valence-electron chi connectivity index (χ3n) is 9.11. The van der Waals surface area contributed by atoms with E-state index in [0.29, 0.717) is 39.3 Å². The molecular formula is C40H48N8O9. The number of nitrogens with one attached hydrogen (secondary N) is 4. The SMILES string of the molecule is Cc1ccc(C(=O)NCC(=O)N(C)[C@@H]2C(=O)N[C@@H](C)C(=O)N[C@H](C(=O)NCC#N)Cc3ccc(OCCN)c(c3)-c3cc2ccc3OCCN)c(CCC(=O)O)c1. The van der Waals surface area contributed by atoms with Crippen LogP contribution in [0.4, 0.5) is 0 Å². The van der Waals surface area contributed by atoms with Gasteiger partial charge in [0.1, 0.15) is 49.4 Å². The van der Waals surface area contributed by atoms with Crippen molar-refractivity contribution in [3.63, 3.8) is 0 Å². The lowest BCUT2D eigenvalue weighted by Crippen LogP contribution is -2.55. The van der Waals surface area contributed by atoms with Crippen molar-refractivity contribution in [2.45, 2.75) is 51.2 Å². The summed E-state index contributed by atoms with van der Waals surface area (Å²) >= 11 is 0. The van der Waals surface area contributed by atoms with Gasteiger partial charge < -0.3 is 52.2 Å². The number of carboxylic acid groups (broad SMARTS) is 1. The van der Waals surface area contributed by atoms with Crippen molar-refractivity contribution in [2.75, 3.05) is 46.4 Å². The number of likely N-dealkylation sites (N-methyl/N-ethyl adjacent to an activating group) is 1. The molecule has 17 heteroatoms. The highest BCUT2D eigenvalue weighted by atomic mass is 16.5. The maximum Gasteiger partial charge on any atom is 0.303 e. The first-order chi connectivity index (χ1) is 27.3. The van der Waals surface area contributed by atoms with Crippen molar-refractivity contribution in [3.05, 3.63) is 82.4 Å². The van der Waals surface area contributed by atoms with Crippen molar-refractivity contribution in [1.82, 2.24) is 26.2 Å². The largest absolute Gasteiger partial charge is 0.492 e. The Bertz CT molecular complexity index is 2030. The zero-order chi connectivity index (χ0) is 41.6. The summed E-state index contributed by atoms with van der Waals surface area (Å²) in [5.74, 6) is -3.64. The number of fused-ring (bicyclic) bond motifs is 5. The summed E-state index contributed by atoms with van der Waals surface area (Å²) in [6, 6.07) is 13.1. The molecule has 4 bridgehead atoms. The fraction of sp³-hybridized carbons (Fsp3) is 0.375. The number of aryl methyl sites for hydroxylation is 2. The van der Waals surface area contributed by atoms with E-state index in [1.807, 2.05) is 13.0 Å². The number of benzene rings is 3. The van der Waals surface area contributed by atoms with Crippen molar-refractivity contribution in [1.29, 1.82) is 5.26 Å². The van der Waals surface area contributed by atoms with E-state index < -0.39 is 60.2 Å². The Morgan fingerprint density at radius 1 is 0.930 bits per heavy atom. The van der Waals surface area contributed by atoms with Crippen LogP contribution in [0.5, 0.6) is 11.5 Å². The maximum absolute atomic E-state index is 14.2. The molecule has 0 saturated carbocycles. The zero-order valence-corrected chi connectivity index (χ0v) is 32.1. The van der Waals surface area contributed by atoms with Crippen LogP contribution >= 0.6 is 0 Å². The van der Waals surface area contributed by atoms with Crippen LogP contribution in [0.1, 0.15) is 52.0 Å². The highest BCUT2D eigenvalue weighted by molar-refractivity contribution is 5.99. The lowest BCUT2D eigenvalue weighted by atomic mass is 9.93. The van der Waals surface area contributed by atoms with Crippen molar-refractivity contribution in [3.8, 4) is 28.7 Å². The zero-order valence-electron chi connectivity index (χ0n) is 32.1. The third kappa shape index (κ3) is 11.5. The highest BCUT2D eigenvalue weighted by Gasteiger charge is 2.33. The van der Waals surface area contributed by atoms with Gasteiger partial charge in [-0.1, -0.05) is 29.8 Å². The molecule has 0 aromatic heterocycles. The lowest BCUT2D eigenvalue weighted by molar-refractivity contribution is -0.139. The van der Waals surface area contributed by atoms with Crippen LogP contribution < -0.4 is 42.2 Å². The average molecular weight is 785 g/mol. The molecule has 0 spiro atoms. The molecule has 9 N–H and O–H groups in total. The van der Waals surface area contributed by atoms with E-state index in [0.717, 1.165) is 10.5 Å². The minimum Gasteiger partial charge on any atom is -0.492 e. The fourth-order valence-electron chi connectivity index (χ4n) is 6.24. The number of hydrogen-bond acceptors (Lipinski definition) is 11. The normalized spacial score (nSPS) is 16.5. The Morgan fingerprint density at radius 3 is 2.25 bits per heavy atom. The fourth-order valence-corrected chi connectivity index (χ4v) is 6.24. The van der Waals surface area contributed by atoms with Crippen LogP contribution in [-0.2, 0) is 36.8 Å². The van der Waals surface area contributed by atoms with Gasteiger partial charge in [-0.15, -0.1) is 0 Å². The number of carbonyl (C=O) groups is 6. The molecule has 1 heterocycles. The van der Waals surface area contributed by atoms with E-state index in [1.165, 1.54) is 14.0 Å². The number of carboxylic acids is 1. The summed E-state index contributed by atoms with van der Waals surface area (Å²) in [5.41, 5.74) is 14.9. The van der Waals surface area contributed by atoms with Gasteiger partial charge in [0.05, 0.1) is 12.6 Å². The van der Waals surface area contributed by atoms with Gasteiger partial charge in [0, 0.05) is 49.7 Å². The van der Waals surface area contributed by atoms with E-state index in [4.69, 9.17) is 26.2 Å². The molecule has 0 unspecified atom stereocenters. The molecule has 0 saturated heterocycles. The number of amides is 5. The van der Waals surface area contributed by atoms with Gasteiger partial charge in [0.25, 0.3) is 5.91 Å². The second-order valence-corrected chi connectivity index (χ2v) is 13.4. The minimum atomic E-state index is -1.37. The van der Waals surface area contributed by atoms with Gasteiger partial charge >= 0.3 is 5.97 Å².